The second kappa shape index (κ2) is 7.56. The molecule has 0 spiro atoms. The molecule has 3 aromatic carbocycles. The average molecular weight is 401 g/mol. The van der Waals surface area contributed by atoms with E-state index in [1.54, 1.807) is 11.3 Å². The maximum atomic E-state index is 12.7. The summed E-state index contributed by atoms with van der Waals surface area (Å²) in [7, 11) is 0. The van der Waals surface area contributed by atoms with E-state index < -0.39 is 0 Å². The van der Waals surface area contributed by atoms with E-state index in [-0.39, 0.29) is 11.8 Å². The van der Waals surface area contributed by atoms with Crippen molar-refractivity contribution in [3.63, 3.8) is 0 Å². The van der Waals surface area contributed by atoms with Crippen molar-refractivity contribution in [1.29, 1.82) is 0 Å². The summed E-state index contributed by atoms with van der Waals surface area (Å²) in [6.45, 7) is 1.35. The van der Waals surface area contributed by atoms with Crippen LogP contribution in [0.25, 0.3) is 10.2 Å². The molecular formula is C23H19N3O2S. The Kier molecular flexibility index (Phi) is 4.62. The summed E-state index contributed by atoms with van der Waals surface area (Å²) in [5, 5.41) is 4.00. The number of nitrogens with zero attached hydrogens (tertiary/aromatic N) is 2. The highest BCUT2D eigenvalue weighted by molar-refractivity contribution is 7.22. The van der Waals surface area contributed by atoms with E-state index in [9.17, 15) is 4.79 Å². The van der Waals surface area contributed by atoms with Gasteiger partial charge in [0, 0.05) is 13.1 Å². The molecule has 0 saturated carbocycles. The van der Waals surface area contributed by atoms with Gasteiger partial charge < -0.3 is 15.0 Å². The molecule has 0 unspecified atom stereocenters. The number of anilines is 2. The number of fused-ring (bicyclic) bond motifs is 1. The van der Waals surface area contributed by atoms with Crippen molar-refractivity contribution in [2.24, 2.45) is 5.92 Å². The van der Waals surface area contributed by atoms with Crippen LogP contribution in [0.4, 0.5) is 10.8 Å². The molecule has 0 bridgehead atoms. The molecule has 4 aromatic rings. The third-order valence-corrected chi connectivity index (χ3v) is 6.02. The summed E-state index contributed by atoms with van der Waals surface area (Å²) in [5.74, 6) is 1.31. The largest absolute Gasteiger partial charge is 0.455 e. The minimum atomic E-state index is -0.0632. The summed E-state index contributed by atoms with van der Waals surface area (Å²) in [4.78, 5) is 19.6. The first-order valence-corrected chi connectivity index (χ1v) is 10.3. The van der Waals surface area contributed by atoms with E-state index >= 15 is 0 Å². The number of carbonyl (C=O) groups is 1. The maximum Gasteiger partial charge on any atom is 0.231 e. The highest BCUT2D eigenvalue weighted by atomic mass is 32.1. The van der Waals surface area contributed by atoms with Gasteiger partial charge in [-0.25, -0.2) is 4.98 Å². The lowest BCUT2D eigenvalue weighted by Gasteiger charge is -2.38. The summed E-state index contributed by atoms with van der Waals surface area (Å²) < 4.78 is 7.10. The molecular weight excluding hydrogens is 382 g/mol. The number of thiazole rings is 1. The molecule has 1 saturated heterocycles. The molecule has 29 heavy (non-hydrogen) atoms. The van der Waals surface area contributed by atoms with E-state index in [1.165, 1.54) is 4.70 Å². The lowest BCUT2D eigenvalue weighted by atomic mass is 10.00. The number of hydrogen-bond acceptors (Lipinski definition) is 5. The van der Waals surface area contributed by atoms with Crippen LogP contribution in [0.1, 0.15) is 0 Å². The van der Waals surface area contributed by atoms with Gasteiger partial charge in [0.05, 0.1) is 21.8 Å². The fourth-order valence-corrected chi connectivity index (χ4v) is 4.29. The fraction of sp³-hybridized carbons (Fsp3) is 0.130. The summed E-state index contributed by atoms with van der Waals surface area (Å²) in [5.41, 5.74) is 1.69. The molecule has 0 atom stereocenters. The lowest BCUT2D eigenvalue weighted by Crippen LogP contribution is -2.52. The molecule has 1 amide bonds. The van der Waals surface area contributed by atoms with Crippen LogP contribution in [0.5, 0.6) is 11.5 Å². The zero-order valence-corrected chi connectivity index (χ0v) is 16.4. The molecule has 1 aliphatic rings. The Balaban J connectivity index is 1.24. The SMILES string of the molecule is O=C(Nc1ccccc1Oc1ccccc1)C1CN(c2nc3ccccc3s2)C1. The number of rotatable bonds is 5. The van der Waals surface area contributed by atoms with E-state index in [4.69, 9.17) is 4.74 Å². The molecule has 1 fully saturated rings. The second-order valence-electron chi connectivity index (χ2n) is 6.97. The summed E-state index contributed by atoms with van der Waals surface area (Å²) >= 11 is 1.67. The second-order valence-corrected chi connectivity index (χ2v) is 7.98. The number of carbonyl (C=O) groups excluding carboxylic acids is 1. The van der Waals surface area contributed by atoms with Crippen molar-refractivity contribution in [1.82, 2.24) is 4.98 Å². The minimum Gasteiger partial charge on any atom is -0.455 e. The van der Waals surface area contributed by atoms with Crippen molar-refractivity contribution in [3.05, 3.63) is 78.9 Å². The van der Waals surface area contributed by atoms with Crippen molar-refractivity contribution >= 4 is 38.3 Å². The first-order valence-electron chi connectivity index (χ1n) is 9.49. The van der Waals surface area contributed by atoms with Crippen LogP contribution < -0.4 is 15.0 Å². The van der Waals surface area contributed by atoms with Gasteiger partial charge in [0.2, 0.25) is 5.91 Å². The van der Waals surface area contributed by atoms with Crippen LogP contribution in [-0.2, 0) is 4.79 Å². The molecule has 5 rings (SSSR count). The highest BCUT2D eigenvalue weighted by Crippen LogP contribution is 2.34. The number of hydrogen-bond donors (Lipinski definition) is 1. The van der Waals surface area contributed by atoms with Gasteiger partial charge in [0.1, 0.15) is 5.75 Å². The first-order chi connectivity index (χ1) is 14.3. The Morgan fingerprint density at radius 3 is 2.52 bits per heavy atom. The van der Waals surface area contributed by atoms with Crippen molar-refractivity contribution in [3.8, 4) is 11.5 Å². The van der Waals surface area contributed by atoms with Gasteiger partial charge in [0.15, 0.2) is 10.9 Å². The van der Waals surface area contributed by atoms with Gasteiger partial charge in [0.25, 0.3) is 0 Å². The van der Waals surface area contributed by atoms with Crippen LogP contribution in [0.2, 0.25) is 0 Å². The number of para-hydroxylation sites is 4. The summed E-state index contributed by atoms with van der Waals surface area (Å²) in [6, 6.07) is 25.2. The van der Waals surface area contributed by atoms with Crippen LogP contribution in [0.15, 0.2) is 78.9 Å². The number of amides is 1. The third-order valence-electron chi connectivity index (χ3n) is 4.92. The van der Waals surface area contributed by atoms with Crippen LogP contribution in [0.3, 0.4) is 0 Å². The molecule has 1 aliphatic heterocycles. The Bertz CT molecular complexity index is 1120. The Hall–Kier alpha value is -3.38. The number of aromatic nitrogens is 1. The zero-order chi connectivity index (χ0) is 19.6. The first kappa shape index (κ1) is 17.7. The highest BCUT2D eigenvalue weighted by Gasteiger charge is 2.34. The number of benzene rings is 3. The quantitative estimate of drug-likeness (QED) is 0.502. The van der Waals surface area contributed by atoms with Gasteiger partial charge in [-0.05, 0) is 36.4 Å². The predicted octanol–water partition coefficient (Wildman–Crippen LogP) is 5.16. The van der Waals surface area contributed by atoms with E-state index in [0.29, 0.717) is 24.5 Å². The molecule has 2 heterocycles. The van der Waals surface area contributed by atoms with Crippen LogP contribution in [-0.4, -0.2) is 24.0 Å². The topological polar surface area (TPSA) is 54.5 Å². The molecule has 0 aliphatic carbocycles. The smallest absolute Gasteiger partial charge is 0.231 e. The molecule has 0 radical (unpaired) electrons. The zero-order valence-electron chi connectivity index (χ0n) is 15.6. The molecule has 144 valence electrons. The van der Waals surface area contributed by atoms with Gasteiger partial charge >= 0.3 is 0 Å². The van der Waals surface area contributed by atoms with Crippen molar-refractivity contribution in [2.75, 3.05) is 23.3 Å². The molecule has 1 N–H and O–H groups in total. The Morgan fingerprint density at radius 2 is 1.69 bits per heavy atom. The standard InChI is InChI=1S/C23H19N3O2S/c27-22(16-14-26(15-16)23-25-19-11-5-7-13-21(19)29-23)24-18-10-4-6-12-20(18)28-17-8-2-1-3-9-17/h1-13,16H,14-15H2,(H,24,27). The molecule has 6 heteroatoms. The normalized spacial score (nSPS) is 13.9. The summed E-state index contributed by atoms with van der Waals surface area (Å²) in [6.07, 6.45) is 0. The molecule has 5 nitrogen and oxygen atoms in total. The van der Waals surface area contributed by atoms with Gasteiger partial charge in [-0.2, -0.15) is 0 Å². The van der Waals surface area contributed by atoms with E-state index in [0.717, 1.165) is 16.4 Å². The average Bonchev–Trinajstić information content (AvgIpc) is 3.12. The van der Waals surface area contributed by atoms with E-state index in [1.807, 2.05) is 72.8 Å². The maximum absolute atomic E-state index is 12.7. The third kappa shape index (κ3) is 3.67. The van der Waals surface area contributed by atoms with Crippen molar-refractivity contribution in [2.45, 2.75) is 0 Å². The Morgan fingerprint density at radius 1 is 0.966 bits per heavy atom. The van der Waals surface area contributed by atoms with E-state index in [2.05, 4.69) is 21.3 Å². The van der Waals surface area contributed by atoms with Gasteiger partial charge in [-0.3, -0.25) is 4.79 Å². The molecule has 1 aromatic heterocycles. The lowest BCUT2D eigenvalue weighted by molar-refractivity contribution is -0.120. The van der Waals surface area contributed by atoms with Crippen LogP contribution in [0, 0.1) is 5.92 Å². The monoisotopic (exact) mass is 401 g/mol. The number of ether oxygens (including phenoxy) is 1. The minimum absolute atomic E-state index is 0.00599. The number of nitrogens with one attached hydrogen (secondary N) is 1. The van der Waals surface area contributed by atoms with Crippen LogP contribution >= 0.6 is 11.3 Å². The van der Waals surface area contributed by atoms with Gasteiger partial charge in [-0.15, -0.1) is 0 Å². The van der Waals surface area contributed by atoms with Crippen molar-refractivity contribution < 1.29 is 9.53 Å². The fourth-order valence-electron chi connectivity index (χ4n) is 3.31. The van der Waals surface area contributed by atoms with Gasteiger partial charge in [-0.1, -0.05) is 53.8 Å². The Labute approximate surface area is 172 Å². The predicted molar refractivity (Wildman–Crippen MR) is 117 cm³/mol.